The number of rotatable bonds is 7. The molecule has 0 saturated heterocycles. The predicted octanol–water partition coefficient (Wildman–Crippen LogP) is 4.28. The molecule has 0 spiro atoms. The minimum absolute atomic E-state index is 0.0985. The van der Waals surface area contributed by atoms with Gasteiger partial charge in [0.15, 0.2) is 0 Å². The second kappa shape index (κ2) is 6.50. The van der Waals surface area contributed by atoms with Crippen molar-refractivity contribution in [2.45, 2.75) is 64.8 Å². The van der Waals surface area contributed by atoms with Crippen LogP contribution in [-0.4, -0.2) is 12.0 Å². The van der Waals surface area contributed by atoms with Crippen molar-refractivity contribution in [3.63, 3.8) is 0 Å². The first-order chi connectivity index (χ1) is 8.09. The quantitative estimate of drug-likeness (QED) is 0.785. The molecule has 0 amide bonds. The van der Waals surface area contributed by atoms with Crippen molar-refractivity contribution in [2.75, 3.05) is 7.05 Å². The summed E-state index contributed by atoms with van der Waals surface area (Å²) in [6.07, 6.45) is 4.72. The Balaban J connectivity index is 3.02. The molecule has 0 aliphatic heterocycles. The molecule has 0 aromatic carbocycles. The number of nitrogens with zero attached hydrogens (tertiary/aromatic N) is 1. The maximum Gasteiger partial charge on any atom is 0.113 e. The molecule has 0 atom stereocenters. The molecule has 0 aliphatic carbocycles. The number of hydrogen-bond acceptors (Lipinski definition) is 3. The van der Waals surface area contributed by atoms with Gasteiger partial charge in [0.25, 0.3) is 0 Å². The van der Waals surface area contributed by atoms with Crippen LogP contribution in [0.25, 0.3) is 0 Å². The Morgan fingerprint density at radius 1 is 1.29 bits per heavy atom. The zero-order chi connectivity index (χ0) is 12.9. The Labute approximate surface area is 110 Å². The van der Waals surface area contributed by atoms with Crippen LogP contribution in [0.2, 0.25) is 0 Å². The molecule has 0 fully saturated rings. The molecular weight excluding hydrogens is 228 g/mol. The molecule has 0 bridgehead atoms. The van der Waals surface area contributed by atoms with Gasteiger partial charge in [-0.15, -0.1) is 11.3 Å². The fourth-order valence-corrected chi connectivity index (χ4v) is 3.57. The summed E-state index contributed by atoms with van der Waals surface area (Å²) in [6.45, 7) is 8.91. The molecular formula is C14H26N2S. The zero-order valence-corrected chi connectivity index (χ0v) is 12.7. The van der Waals surface area contributed by atoms with E-state index in [9.17, 15) is 0 Å². The lowest BCUT2D eigenvalue weighted by Crippen LogP contribution is -2.39. The Kier molecular flexibility index (Phi) is 5.60. The molecule has 0 unspecified atom stereocenters. The highest BCUT2D eigenvalue weighted by Gasteiger charge is 2.31. The number of aromatic nitrogens is 1. The third-order valence-electron chi connectivity index (χ3n) is 3.35. The smallest absolute Gasteiger partial charge is 0.113 e. The maximum absolute atomic E-state index is 4.85. The molecule has 1 aromatic rings. The van der Waals surface area contributed by atoms with Crippen LogP contribution in [0.5, 0.6) is 0 Å². The van der Waals surface area contributed by atoms with Crippen molar-refractivity contribution in [3.05, 3.63) is 16.1 Å². The van der Waals surface area contributed by atoms with Crippen molar-refractivity contribution in [3.8, 4) is 0 Å². The summed E-state index contributed by atoms with van der Waals surface area (Å²) in [4.78, 5) is 4.85. The molecule has 1 rings (SSSR count). The fraction of sp³-hybridized carbons (Fsp3) is 0.786. The molecule has 2 nitrogen and oxygen atoms in total. The highest BCUT2D eigenvalue weighted by Crippen LogP contribution is 2.34. The number of hydrogen-bond donors (Lipinski definition) is 1. The van der Waals surface area contributed by atoms with E-state index in [0.29, 0.717) is 5.92 Å². The summed E-state index contributed by atoms with van der Waals surface area (Å²) in [6, 6.07) is 0. The van der Waals surface area contributed by atoms with Gasteiger partial charge in [-0.05, 0) is 25.8 Å². The third kappa shape index (κ3) is 3.29. The Morgan fingerprint density at radius 3 is 2.24 bits per heavy atom. The van der Waals surface area contributed by atoms with Gasteiger partial charge in [-0.2, -0.15) is 0 Å². The minimum atomic E-state index is 0.0985. The SMILES string of the molecule is CCCC(CCC)(NC)c1nc(C(C)C)cs1. The average Bonchev–Trinajstić information content (AvgIpc) is 2.78. The topological polar surface area (TPSA) is 24.9 Å². The van der Waals surface area contributed by atoms with Gasteiger partial charge in [-0.3, -0.25) is 0 Å². The molecule has 1 aromatic heterocycles. The van der Waals surface area contributed by atoms with Gasteiger partial charge in [0.2, 0.25) is 0 Å². The van der Waals surface area contributed by atoms with Crippen molar-refractivity contribution in [2.24, 2.45) is 0 Å². The largest absolute Gasteiger partial charge is 0.308 e. The lowest BCUT2D eigenvalue weighted by molar-refractivity contribution is 0.300. The van der Waals surface area contributed by atoms with E-state index in [4.69, 9.17) is 4.98 Å². The summed E-state index contributed by atoms with van der Waals surface area (Å²) in [5, 5.41) is 7.02. The molecule has 98 valence electrons. The van der Waals surface area contributed by atoms with E-state index < -0.39 is 0 Å². The Hall–Kier alpha value is -0.410. The Morgan fingerprint density at radius 2 is 1.88 bits per heavy atom. The molecule has 0 aliphatic rings. The summed E-state index contributed by atoms with van der Waals surface area (Å²) >= 11 is 1.82. The van der Waals surface area contributed by atoms with E-state index in [-0.39, 0.29) is 5.54 Å². The minimum Gasteiger partial charge on any atom is -0.308 e. The molecule has 1 heterocycles. The fourth-order valence-electron chi connectivity index (χ4n) is 2.32. The van der Waals surface area contributed by atoms with E-state index in [1.807, 2.05) is 11.3 Å². The van der Waals surface area contributed by atoms with Crippen molar-refractivity contribution in [1.29, 1.82) is 0 Å². The monoisotopic (exact) mass is 254 g/mol. The average molecular weight is 254 g/mol. The predicted molar refractivity (Wildman–Crippen MR) is 76.8 cm³/mol. The van der Waals surface area contributed by atoms with E-state index in [1.165, 1.54) is 36.4 Å². The summed E-state index contributed by atoms with van der Waals surface area (Å²) in [7, 11) is 2.07. The molecule has 0 radical (unpaired) electrons. The Bertz CT molecular complexity index is 325. The number of nitrogens with one attached hydrogen (secondary N) is 1. The first kappa shape index (κ1) is 14.7. The highest BCUT2D eigenvalue weighted by atomic mass is 32.1. The first-order valence-electron chi connectivity index (χ1n) is 6.74. The van der Waals surface area contributed by atoms with Crippen molar-refractivity contribution < 1.29 is 0 Å². The van der Waals surface area contributed by atoms with Gasteiger partial charge in [0.05, 0.1) is 11.2 Å². The lowest BCUT2D eigenvalue weighted by Gasteiger charge is -2.31. The van der Waals surface area contributed by atoms with Crippen LogP contribution in [0.4, 0.5) is 0 Å². The van der Waals surface area contributed by atoms with Crippen molar-refractivity contribution >= 4 is 11.3 Å². The normalized spacial score (nSPS) is 12.4. The maximum atomic E-state index is 4.85. The van der Waals surface area contributed by atoms with Gasteiger partial charge in [0, 0.05) is 5.38 Å². The van der Waals surface area contributed by atoms with Crippen molar-refractivity contribution in [1.82, 2.24) is 10.3 Å². The van der Waals surface area contributed by atoms with E-state index in [0.717, 1.165) is 0 Å². The van der Waals surface area contributed by atoms with Crippen LogP contribution >= 0.6 is 11.3 Å². The van der Waals surface area contributed by atoms with Gasteiger partial charge >= 0.3 is 0 Å². The van der Waals surface area contributed by atoms with E-state index >= 15 is 0 Å². The second-order valence-electron chi connectivity index (χ2n) is 5.06. The van der Waals surface area contributed by atoms with Gasteiger partial charge in [-0.1, -0.05) is 40.5 Å². The zero-order valence-electron chi connectivity index (χ0n) is 11.8. The van der Waals surface area contributed by atoms with Gasteiger partial charge < -0.3 is 5.32 Å². The summed E-state index contributed by atoms with van der Waals surface area (Å²) in [5.41, 5.74) is 1.33. The summed E-state index contributed by atoms with van der Waals surface area (Å²) in [5.74, 6) is 0.526. The standard InChI is InChI=1S/C14H26N2S/c1-6-8-14(15-5,9-7-2)13-16-12(10-17-13)11(3)4/h10-11,15H,6-9H2,1-5H3. The van der Waals surface area contributed by atoms with Crippen LogP contribution in [0, 0.1) is 0 Å². The lowest BCUT2D eigenvalue weighted by atomic mass is 9.89. The van der Waals surface area contributed by atoms with Crippen LogP contribution < -0.4 is 5.32 Å². The number of thiazole rings is 1. The third-order valence-corrected chi connectivity index (χ3v) is 4.42. The second-order valence-corrected chi connectivity index (χ2v) is 5.92. The summed E-state index contributed by atoms with van der Waals surface area (Å²) < 4.78 is 0. The molecule has 17 heavy (non-hydrogen) atoms. The van der Waals surface area contributed by atoms with E-state index in [2.05, 4.69) is 45.4 Å². The first-order valence-corrected chi connectivity index (χ1v) is 7.62. The van der Waals surface area contributed by atoms with E-state index in [1.54, 1.807) is 0 Å². The molecule has 3 heteroatoms. The van der Waals surface area contributed by atoms with Gasteiger partial charge in [-0.25, -0.2) is 4.98 Å². The molecule has 1 N–H and O–H groups in total. The van der Waals surface area contributed by atoms with Crippen LogP contribution in [-0.2, 0) is 5.54 Å². The van der Waals surface area contributed by atoms with Crippen LogP contribution in [0.3, 0.4) is 0 Å². The highest BCUT2D eigenvalue weighted by molar-refractivity contribution is 7.09. The van der Waals surface area contributed by atoms with Crippen LogP contribution in [0.15, 0.2) is 5.38 Å². The van der Waals surface area contributed by atoms with Gasteiger partial charge in [0.1, 0.15) is 5.01 Å². The van der Waals surface area contributed by atoms with Crippen LogP contribution in [0.1, 0.15) is 70.0 Å². The molecule has 0 saturated carbocycles.